The SMILES string of the molecule is Cn1nc(-c2c(F)ccc3nccn23)c(C(F)(F)F)c1C(=O)Nc1ccnc(C(F)(F)F)c1. The normalized spacial score (nSPS) is 12.4. The molecule has 33 heavy (non-hydrogen) atoms. The molecule has 4 heterocycles. The second kappa shape index (κ2) is 7.56. The summed E-state index contributed by atoms with van der Waals surface area (Å²) in [6.45, 7) is 0. The number of alkyl halides is 6. The van der Waals surface area contributed by atoms with Crippen molar-refractivity contribution < 1.29 is 35.5 Å². The van der Waals surface area contributed by atoms with Crippen molar-refractivity contribution in [1.29, 1.82) is 0 Å². The lowest BCUT2D eigenvalue weighted by Crippen LogP contribution is -2.21. The number of aromatic nitrogens is 5. The molecular formula is C19H11F7N6O. The summed E-state index contributed by atoms with van der Waals surface area (Å²) in [6, 6.07) is 3.59. The fourth-order valence-corrected chi connectivity index (χ4v) is 3.27. The third-order valence-electron chi connectivity index (χ3n) is 4.59. The predicted molar refractivity (Wildman–Crippen MR) is 99.5 cm³/mol. The molecule has 0 aliphatic heterocycles. The highest BCUT2D eigenvalue weighted by Gasteiger charge is 2.43. The minimum Gasteiger partial charge on any atom is -0.321 e. The molecular weight excluding hydrogens is 461 g/mol. The second-order valence-electron chi connectivity index (χ2n) is 6.76. The van der Waals surface area contributed by atoms with Gasteiger partial charge in [0.25, 0.3) is 5.91 Å². The van der Waals surface area contributed by atoms with E-state index in [1.165, 1.54) is 18.5 Å². The molecule has 1 amide bonds. The number of halogens is 7. The molecule has 4 rings (SSSR count). The number of nitrogens with zero attached hydrogens (tertiary/aromatic N) is 5. The summed E-state index contributed by atoms with van der Waals surface area (Å²) in [6.07, 6.45) is -6.80. The van der Waals surface area contributed by atoms with Gasteiger partial charge in [-0.1, -0.05) is 0 Å². The Kier molecular flexibility index (Phi) is 5.10. The van der Waals surface area contributed by atoms with Gasteiger partial charge in [0.05, 0.1) is 0 Å². The summed E-state index contributed by atoms with van der Waals surface area (Å²) in [7, 11) is 1.02. The van der Waals surface area contributed by atoms with Gasteiger partial charge in [-0.05, 0) is 24.3 Å². The number of hydrogen-bond acceptors (Lipinski definition) is 4. The van der Waals surface area contributed by atoms with Crippen LogP contribution >= 0.6 is 0 Å². The molecule has 0 fully saturated rings. The number of nitrogens with one attached hydrogen (secondary N) is 1. The maximum atomic E-state index is 14.6. The van der Waals surface area contributed by atoms with E-state index in [0.29, 0.717) is 10.7 Å². The van der Waals surface area contributed by atoms with Crippen molar-refractivity contribution in [3.63, 3.8) is 0 Å². The molecule has 0 spiro atoms. The second-order valence-corrected chi connectivity index (χ2v) is 6.76. The molecule has 4 aromatic rings. The average Bonchev–Trinajstić information content (AvgIpc) is 3.31. The van der Waals surface area contributed by atoms with Crippen molar-refractivity contribution in [2.24, 2.45) is 7.05 Å². The molecule has 7 nitrogen and oxygen atoms in total. The van der Waals surface area contributed by atoms with E-state index in [9.17, 15) is 35.5 Å². The number of fused-ring (bicyclic) bond motifs is 1. The van der Waals surface area contributed by atoms with Crippen LogP contribution in [-0.2, 0) is 19.4 Å². The smallest absolute Gasteiger partial charge is 0.321 e. The quantitative estimate of drug-likeness (QED) is 0.444. The van der Waals surface area contributed by atoms with Crippen LogP contribution in [0.2, 0.25) is 0 Å². The Morgan fingerprint density at radius 1 is 1.00 bits per heavy atom. The average molecular weight is 472 g/mol. The number of rotatable bonds is 3. The maximum Gasteiger partial charge on any atom is 0.433 e. The highest BCUT2D eigenvalue weighted by atomic mass is 19.4. The first-order valence-electron chi connectivity index (χ1n) is 8.98. The number of anilines is 1. The number of pyridine rings is 2. The van der Waals surface area contributed by atoms with Gasteiger partial charge < -0.3 is 5.32 Å². The van der Waals surface area contributed by atoms with Crippen LogP contribution in [0.5, 0.6) is 0 Å². The molecule has 0 aromatic carbocycles. The monoisotopic (exact) mass is 472 g/mol. The van der Waals surface area contributed by atoms with E-state index in [4.69, 9.17) is 0 Å². The van der Waals surface area contributed by atoms with Gasteiger partial charge in [0.15, 0.2) is 0 Å². The Labute approximate surface area is 179 Å². The molecule has 14 heteroatoms. The summed E-state index contributed by atoms with van der Waals surface area (Å²) in [5, 5.41) is 5.70. The van der Waals surface area contributed by atoms with Crippen molar-refractivity contribution >= 4 is 17.2 Å². The van der Waals surface area contributed by atoms with Crippen LogP contribution in [0.4, 0.5) is 36.4 Å². The Balaban J connectivity index is 1.85. The van der Waals surface area contributed by atoms with Gasteiger partial charge in [-0.15, -0.1) is 0 Å². The van der Waals surface area contributed by atoms with Crippen LogP contribution < -0.4 is 5.32 Å². The number of hydrogen-bond donors (Lipinski definition) is 1. The summed E-state index contributed by atoms with van der Waals surface area (Å²) in [4.78, 5) is 19.7. The predicted octanol–water partition coefficient (Wildman–Crippen LogP) is 4.56. The highest BCUT2D eigenvalue weighted by Crippen LogP contribution is 2.40. The van der Waals surface area contributed by atoms with E-state index in [1.807, 2.05) is 5.32 Å². The minimum atomic E-state index is -5.17. The summed E-state index contributed by atoms with van der Waals surface area (Å²) in [5.41, 5.74) is -5.73. The zero-order valence-corrected chi connectivity index (χ0v) is 16.3. The van der Waals surface area contributed by atoms with Gasteiger partial charge in [0.2, 0.25) is 0 Å². The molecule has 172 valence electrons. The number of amides is 1. The van der Waals surface area contributed by atoms with Gasteiger partial charge in [-0.25, -0.2) is 9.37 Å². The van der Waals surface area contributed by atoms with Gasteiger partial charge in [0.1, 0.15) is 39.8 Å². The Morgan fingerprint density at radius 2 is 1.73 bits per heavy atom. The topological polar surface area (TPSA) is 77.1 Å². The fourth-order valence-electron chi connectivity index (χ4n) is 3.27. The van der Waals surface area contributed by atoms with E-state index < -0.39 is 58.1 Å². The first-order valence-corrected chi connectivity index (χ1v) is 8.98. The molecule has 0 aliphatic rings. The van der Waals surface area contributed by atoms with Gasteiger partial charge >= 0.3 is 12.4 Å². The van der Waals surface area contributed by atoms with Crippen molar-refractivity contribution in [2.75, 3.05) is 5.32 Å². The van der Waals surface area contributed by atoms with E-state index in [1.54, 1.807) is 0 Å². The molecule has 0 saturated heterocycles. The summed E-state index contributed by atoms with van der Waals surface area (Å²) < 4.78 is 97.0. The molecule has 0 atom stereocenters. The van der Waals surface area contributed by atoms with Gasteiger partial charge in [-0.2, -0.15) is 31.4 Å². The molecule has 0 saturated carbocycles. The van der Waals surface area contributed by atoms with Gasteiger partial charge in [-0.3, -0.25) is 18.9 Å². The molecule has 4 aromatic heterocycles. The molecule has 0 bridgehead atoms. The van der Waals surface area contributed by atoms with E-state index in [0.717, 1.165) is 29.8 Å². The zero-order chi connectivity index (χ0) is 24.1. The first kappa shape index (κ1) is 22.2. The highest BCUT2D eigenvalue weighted by molar-refractivity contribution is 6.05. The minimum absolute atomic E-state index is 0.132. The number of imidazole rings is 1. The van der Waals surface area contributed by atoms with E-state index >= 15 is 0 Å². The van der Waals surface area contributed by atoms with Crippen molar-refractivity contribution in [1.82, 2.24) is 24.1 Å². The van der Waals surface area contributed by atoms with Crippen LogP contribution in [0.25, 0.3) is 17.0 Å². The van der Waals surface area contributed by atoms with Crippen LogP contribution in [0, 0.1) is 5.82 Å². The van der Waals surface area contributed by atoms with Crippen LogP contribution in [0.15, 0.2) is 42.9 Å². The fraction of sp³-hybridized carbons (Fsp3) is 0.158. The third-order valence-corrected chi connectivity index (χ3v) is 4.59. The molecule has 1 N–H and O–H groups in total. The zero-order valence-electron chi connectivity index (χ0n) is 16.3. The maximum absolute atomic E-state index is 14.6. The lowest BCUT2D eigenvalue weighted by molar-refractivity contribution is -0.141. The lowest BCUT2D eigenvalue weighted by Gasteiger charge is -2.13. The van der Waals surface area contributed by atoms with Crippen LogP contribution in [0.1, 0.15) is 21.7 Å². The van der Waals surface area contributed by atoms with E-state index in [-0.39, 0.29) is 5.65 Å². The Hall–Kier alpha value is -3.97. The van der Waals surface area contributed by atoms with Crippen LogP contribution in [0.3, 0.4) is 0 Å². The van der Waals surface area contributed by atoms with E-state index in [2.05, 4.69) is 15.1 Å². The largest absolute Gasteiger partial charge is 0.433 e. The summed E-state index contributed by atoms with van der Waals surface area (Å²) in [5.74, 6) is -2.46. The standard InChI is InChI=1S/C19H11F7N6O/c1-31-16(17(33)29-9-4-5-27-11(8-9)18(21,22)23)13(19(24,25)26)14(30-31)15-10(20)2-3-12-28-6-7-32(12)15/h2-8H,1H3,(H,27,29,33). The van der Waals surface area contributed by atoms with Crippen molar-refractivity contribution in [3.8, 4) is 11.4 Å². The number of carbonyl (C=O) groups is 1. The number of aryl methyl sites for hydroxylation is 1. The Morgan fingerprint density at radius 3 is 2.39 bits per heavy atom. The Bertz CT molecular complexity index is 1370. The van der Waals surface area contributed by atoms with Gasteiger partial charge in [0, 0.05) is 31.3 Å². The molecule has 0 unspecified atom stereocenters. The van der Waals surface area contributed by atoms with Crippen molar-refractivity contribution in [3.05, 3.63) is 65.6 Å². The first-order chi connectivity index (χ1) is 15.4. The lowest BCUT2D eigenvalue weighted by atomic mass is 10.1. The summed E-state index contributed by atoms with van der Waals surface area (Å²) >= 11 is 0. The third kappa shape index (κ3) is 3.99. The van der Waals surface area contributed by atoms with Crippen LogP contribution in [-0.4, -0.2) is 30.1 Å². The molecule has 0 radical (unpaired) electrons. The molecule has 0 aliphatic carbocycles. The van der Waals surface area contributed by atoms with Crippen molar-refractivity contribution in [2.45, 2.75) is 12.4 Å². The number of carbonyl (C=O) groups excluding carboxylic acids is 1.